The second-order valence-corrected chi connectivity index (χ2v) is 5.16. The summed E-state index contributed by atoms with van der Waals surface area (Å²) < 4.78 is 0. The van der Waals surface area contributed by atoms with Crippen LogP contribution in [0.4, 0.5) is 9.93 Å². The van der Waals surface area contributed by atoms with Gasteiger partial charge in [-0.1, -0.05) is 0 Å². The molecule has 1 N–H and O–H groups in total. The molecule has 1 aromatic rings. The average Bonchev–Trinajstić information content (AvgIpc) is 2.71. The first-order valence-electron chi connectivity index (χ1n) is 5.65. The normalized spacial score (nSPS) is 13.9. The van der Waals surface area contributed by atoms with E-state index in [0.717, 1.165) is 18.5 Å². The SMILES string of the molecule is CN(CC=O)C(=O)Nc1nc2c(s1)CCCC2. The first kappa shape index (κ1) is 12.0. The third kappa shape index (κ3) is 2.82. The Morgan fingerprint density at radius 3 is 3.00 bits per heavy atom. The zero-order chi connectivity index (χ0) is 12.3. The summed E-state index contributed by atoms with van der Waals surface area (Å²) in [6.45, 7) is 0.0942. The maximum atomic E-state index is 11.6. The van der Waals surface area contributed by atoms with Crippen LogP contribution in [-0.4, -0.2) is 35.8 Å². The highest BCUT2D eigenvalue weighted by molar-refractivity contribution is 7.15. The second kappa shape index (κ2) is 5.27. The van der Waals surface area contributed by atoms with Crippen molar-refractivity contribution in [2.45, 2.75) is 25.7 Å². The summed E-state index contributed by atoms with van der Waals surface area (Å²) in [7, 11) is 1.58. The van der Waals surface area contributed by atoms with E-state index >= 15 is 0 Å². The summed E-state index contributed by atoms with van der Waals surface area (Å²) in [6.07, 6.45) is 5.15. The number of aryl methyl sites for hydroxylation is 2. The summed E-state index contributed by atoms with van der Waals surface area (Å²) in [6, 6.07) is -0.289. The van der Waals surface area contributed by atoms with Crippen molar-refractivity contribution in [3.05, 3.63) is 10.6 Å². The molecule has 0 radical (unpaired) electrons. The third-order valence-electron chi connectivity index (χ3n) is 2.75. The lowest BCUT2D eigenvalue weighted by Crippen LogP contribution is -2.32. The maximum absolute atomic E-state index is 11.6. The molecule has 92 valence electrons. The van der Waals surface area contributed by atoms with Gasteiger partial charge in [0.05, 0.1) is 12.2 Å². The number of amides is 2. The number of fused-ring (bicyclic) bond motifs is 1. The zero-order valence-electron chi connectivity index (χ0n) is 9.73. The van der Waals surface area contributed by atoms with E-state index in [9.17, 15) is 9.59 Å². The molecule has 0 spiro atoms. The molecule has 0 bridgehead atoms. The molecule has 0 unspecified atom stereocenters. The third-order valence-corrected chi connectivity index (χ3v) is 3.83. The van der Waals surface area contributed by atoms with Crippen LogP contribution in [0.5, 0.6) is 0 Å². The first-order valence-corrected chi connectivity index (χ1v) is 6.46. The smallest absolute Gasteiger partial charge is 0.321 e. The second-order valence-electron chi connectivity index (χ2n) is 4.07. The van der Waals surface area contributed by atoms with E-state index in [1.54, 1.807) is 18.4 Å². The van der Waals surface area contributed by atoms with Gasteiger partial charge < -0.3 is 9.69 Å². The molecule has 5 nitrogen and oxygen atoms in total. The van der Waals surface area contributed by atoms with Gasteiger partial charge in [-0.2, -0.15) is 0 Å². The predicted octanol–water partition coefficient (Wildman–Crippen LogP) is 1.68. The van der Waals surface area contributed by atoms with Crippen LogP contribution < -0.4 is 5.32 Å². The number of hydrogen-bond acceptors (Lipinski definition) is 4. The average molecular weight is 253 g/mol. The Bertz CT molecular complexity index is 407. The molecule has 0 aliphatic heterocycles. The standard InChI is InChI=1S/C11H15N3O2S/c1-14(6-7-15)11(16)13-10-12-8-4-2-3-5-9(8)17-10/h7H,2-6H2,1H3,(H,12,13,16). The number of aromatic nitrogens is 1. The van der Waals surface area contributed by atoms with Crippen molar-refractivity contribution >= 4 is 28.8 Å². The Hall–Kier alpha value is -1.43. The van der Waals surface area contributed by atoms with Crippen LogP contribution in [0.3, 0.4) is 0 Å². The summed E-state index contributed by atoms with van der Waals surface area (Å²) in [5.74, 6) is 0. The molecule has 17 heavy (non-hydrogen) atoms. The molecular weight excluding hydrogens is 238 g/mol. The van der Waals surface area contributed by atoms with Crippen molar-refractivity contribution in [2.24, 2.45) is 0 Å². The number of anilines is 1. The number of aldehydes is 1. The van der Waals surface area contributed by atoms with Crippen molar-refractivity contribution < 1.29 is 9.59 Å². The largest absolute Gasteiger partial charge is 0.323 e. The van der Waals surface area contributed by atoms with Crippen LogP contribution in [0, 0.1) is 0 Å². The Labute approximate surface area is 104 Å². The highest BCUT2D eigenvalue weighted by Crippen LogP contribution is 2.29. The monoisotopic (exact) mass is 253 g/mol. The van der Waals surface area contributed by atoms with Crippen molar-refractivity contribution in [3.63, 3.8) is 0 Å². The van der Waals surface area contributed by atoms with Crippen LogP contribution in [0.1, 0.15) is 23.4 Å². The number of rotatable bonds is 3. The maximum Gasteiger partial charge on any atom is 0.323 e. The summed E-state index contributed by atoms with van der Waals surface area (Å²) in [4.78, 5) is 28.9. The van der Waals surface area contributed by atoms with E-state index in [1.165, 1.54) is 22.6 Å². The van der Waals surface area contributed by atoms with Gasteiger partial charge in [-0.25, -0.2) is 9.78 Å². The molecule has 0 fully saturated rings. The Balaban J connectivity index is 2.01. The molecule has 1 aliphatic rings. The molecular formula is C11H15N3O2S. The topological polar surface area (TPSA) is 62.3 Å². The Kier molecular flexibility index (Phi) is 3.73. The number of likely N-dealkylation sites (N-methyl/N-ethyl adjacent to an activating group) is 1. The molecule has 0 saturated carbocycles. The molecule has 0 saturated heterocycles. The van der Waals surface area contributed by atoms with Gasteiger partial charge in [-0.15, -0.1) is 11.3 Å². The lowest BCUT2D eigenvalue weighted by Gasteiger charge is -2.12. The van der Waals surface area contributed by atoms with E-state index in [1.807, 2.05) is 0 Å². The Morgan fingerprint density at radius 1 is 1.53 bits per heavy atom. The van der Waals surface area contributed by atoms with E-state index in [4.69, 9.17) is 0 Å². The molecule has 0 atom stereocenters. The van der Waals surface area contributed by atoms with Gasteiger partial charge >= 0.3 is 6.03 Å². The van der Waals surface area contributed by atoms with Gasteiger partial charge in [0.15, 0.2) is 5.13 Å². The van der Waals surface area contributed by atoms with Gasteiger partial charge in [0, 0.05) is 11.9 Å². The quantitative estimate of drug-likeness (QED) is 0.834. The van der Waals surface area contributed by atoms with Gasteiger partial charge in [0.2, 0.25) is 0 Å². The van der Waals surface area contributed by atoms with Crippen LogP contribution in [-0.2, 0) is 17.6 Å². The number of nitrogens with zero attached hydrogens (tertiary/aromatic N) is 2. The fraction of sp³-hybridized carbons (Fsp3) is 0.545. The molecule has 6 heteroatoms. The van der Waals surface area contributed by atoms with Crippen LogP contribution in [0.2, 0.25) is 0 Å². The number of thiazole rings is 1. The first-order chi connectivity index (χ1) is 8.20. The molecule has 0 aromatic carbocycles. The summed E-state index contributed by atoms with van der Waals surface area (Å²) in [5.41, 5.74) is 1.12. The van der Waals surface area contributed by atoms with Crippen LogP contribution in [0.15, 0.2) is 0 Å². The fourth-order valence-corrected chi connectivity index (χ4v) is 2.83. The van der Waals surface area contributed by atoms with Crippen LogP contribution in [0.25, 0.3) is 0 Å². The number of hydrogen-bond donors (Lipinski definition) is 1. The van der Waals surface area contributed by atoms with E-state index in [2.05, 4.69) is 10.3 Å². The zero-order valence-corrected chi connectivity index (χ0v) is 10.5. The number of nitrogens with one attached hydrogen (secondary N) is 1. The highest BCUT2D eigenvalue weighted by Gasteiger charge is 2.17. The summed E-state index contributed by atoms with van der Waals surface area (Å²) in [5, 5.41) is 3.36. The number of urea groups is 1. The van der Waals surface area contributed by atoms with Gasteiger partial charge in [0.25, 0.3) is 0 Å². The Morgan fingerprint density at radius 2 is 2.29 bits per heavy atom. The van der Waals surface area contributed by atoms with Gasteiger partial charge in [-0.3, -0.25) is 5.32 Å². The molecule has 1 aliphatic carbocycles. The van der Waals surface area contributed by atoms with E-state index < -0.39 is 0 Å². The minimum Gasteiger partial charge on any atom is -0.321 e. The molecule has 1 heterocycles. The van der Waals surface area contributed by atoms with Crippen LogP contribution >= 0.6 is 11.3 Å². The lowest BCUT2D eigenvalue weighted by atomic mass is 10.0. The van der Waals surface area contributed by atoms with Crippen molar-refractivity contribution in [1.82, 2.24) is 9.88 Å². The minimum atomic E-state index is -0.289. The van der Waals surface area contributed by atoms with E-state index in [-0.39, 0.29) is 12.6 Å². The van der Waals surface area contributed by atoms with Crippen molar-refractivity contribution in [1.29, 1.82) is 0 Å². The molecule has 2 amide bonds. The van der Waals surface area contributed by atoms with Crippen molar-refractivity contribution in [2.75, 3.05) is 18.9 Å². The minimum absolute atomic E-state index is 0.0942. The van der Waals surface area contributed by atoms with Crippen molar-refractivity contribution in [3.8, 4) is 0 Å². The number of carbonyl (C=O) groups is 2. The van der Waals surface area contributed by atoms with Gasteiger partial charge in [-0.05, 0) is 25.7 Å². The predicted molar refractivity (Wildman–Crippen MR) is 66.5 cm³/mol. The lowest BCUT2D eigenvalue weighted by molar-refractivity contribution is -0.108. The summed E-state index contributed by atoms with van der Waals surface area (Å²) >= 11 is 1.54. The highest BCUT2D eigenvalue weighted by atomic mass is 32.1. The van der Waals surface area contributed by atoms with Gasteiger partial charge in [0.1, 0.15) is 6.29 Å². The molecule has 1 aromatic heterocycles. The fourth-order valence-electron chi connectivity index (χ4n) is 1.79. The molecule has 2 rings (SSSR count). The van der Waals surface area contributed by atoms with E-state index in [0.29, 0.717) is 11.4 Å². The number of carbonyl (C=O) groups excluding carboxylic acids is 2.